The van der Waals surface area contributed by atoms with Gasteiger partial charge in [-0.1, -0.05) is 0 Å². The third-order valence-electron chi connectivity index (χ3n) is 6.40. The summed E-state index contributed by atoms with van der Waals surface area (Å²) < 4.78 is 44.9. The number of likely N-dealkylation sites (tertiary alicyclic amines) is 1. The second kappa shape index (κ2) is 9.26. The molecule has 5 rings (SSSR count). The van der Waals surface area contributed by atoms with Gasteiger partial charge in [-0.2, -0.15) is 0 Å². The summed E-state index contributed by atoms with van der Waals surface area (Å²) in [7, 11) is -3.61. The molecule has 0 bridgehead atoms. The van der Waals surface area contributed by atoms with E-state index < -0.39 is 15.7 Å². The number of piperidine rings is 1. The summed E-state index contributed by atoms with van der Waals surface area (Å²) in [5.41, 5.74) is 5.69. The van der Waals surface area contributed by atoms with Crippen LogP contribution in [0.2, 0.25) is 0 Å². The fourth-order valence-electron chi connectivity index (χ4n) is 4.75. The first-order valence-corrected chi connectivity index (χ1v) is 15.3. The van der Waals surface area contributed by atoms with Crippen LogP contribution in [0.25, 0.3) is 5.57 Å². The third kappa shape index (κ3) is 4.43. The Morgan fingerprint density at radius 3 is 2.62 bits per heavy atom. The van der Waals surface area contributed by atoms with Crippen molar-refractivity contribution in [2.24, 2.45) is 0 Å². The first-order chi connectivity index (χ1) is 16.3. The number of fused-ring (bicyclic) bond motifs is 2. The van der Waals surface area contributed by atoms with Crippen molar-refractivity contribution in [3.05, 3.63) is 102 Å². The molecule has 2 aromatic rings. The van der Waals surface area contributed by atoms with E-state index in [9.17, 15) is 17.6 Å². The number of carbonyl (C=O) groups is 1. The zero-order valence-corrected chi connectivity index (χ0v) is 21.7. The molecule has 1 saturated heterocycles. The zero-order valence-electron chi connectivity index (χ0n) is 18.7. The van der Waals surface area contributed by atoms with E-state index in [0.29, 0.717) is 31.5 Å². The summed E-state index contributed by atoms with van der Waals surface area (Å²) in [6, 6.07) is 11.4. The number of hydrogen-bond donors (Lipinski definition) is 0. The molecule has 1 fully saturated rings. The van der Waals surface area contributed by atoms with Crippen molar-refractivity contribution in [2.45, 2.75) is 30.4 Å². The van der Waals surface area contributed by atoms with E-state index in [0.717, 1.165) is 33.4 Å². The van der Waals surface area contributed by atoms with Crippen molar-refractivity contribution >= 4 is 21.3 Å². The van der Waals surface area contributed by atoms with Gasteiger partial charge in [-0.15, -0.1) is 0 Å². The topological polar surface area (TPSA) is 54.5 Å². The molecule has 1 amide bonds. The molecule has 3 heterocycles. The van der Waals surface area contributed by atoms with Crippen molar-refractivity contribution in [3.8, 4) is 0 Å². The SMILES string of the molecule is CC1=CC(C(=O)N2CCC(=C3c4ccccc4CS(=O)(=O)c4ccc(F)cc43)CC2)=C[I-]C=C1. The second-order valence-corrected chi connectivity index (χ2v) is 12.7. The maximum absolute atomic E-state index is 14.3. The Bertz CT molecular complexity index is 1410. The summed E-state index contributed by atoms with van der Waals surface area (Å²) in [5, 5.41) is 0. The predicted molar refractivity (Wildman–Crippen MR) is 127 cm³/mol. The van der Waals surface area contributed by atoms with E-state index in [4.69, 9.17) is 0 Å². The van der Waals surface area contributed by atoms with Crippen LogP contribution in [0.5, 0.6) is 0 Å². The van der Waals surface area contributed by atoms with Gasteiger partial charge in [-0.3, -0.25) is 0 Å². The molecule has 4 nitrogen and oxygen atoms in total. The molecule has 2 aromatic carbocycles. The Kier molecular flexibility index (Phi) is 6.33. The molecule has 3 aliphatic rings. The first kappa shape index (κ1) is 23.2. The Labute approximate surface area is 209 Å². The van der Waals surface area contributed by atoms with Gasteiger partial charge in [0.05, 0.1) is 0 Å². The van der Waals surface area contributed by atoms with Crippen LogP contribution in [-0.2, 0) is 20.4 Å². The number of benzene rings is 2. The monoisotopic (exact) mass is 588 g/mol. The number of hydrogen-bond acceptors (Lipinski definition) is 3. The quantitative estimate of drug-likeness (QED) is 0.379. The van der Waals surface area contributed by atoms with Gasteiger partial charge >= 0.3 is 211 Å². The van der Waals surface area contributed by atoms with Crippen molar-refractivity contribution in [1.82, 2.24) is 4.90 Å². The van der Waals surface area contributed by atoms with E-state index in [-0.39, 0.29) is 37.8 Å². The van der Waals surface area contributed by atoms with Crippen LogP contribution in [0, 0.1) is 5.82 Å². The van der Waals surface area contributed by atoms with Gasteiger partial charge in [0.1, 0.15) is 0 Å². The number of carbonyl (C=O) groups excluding carboxylic acids is 1. The van der Waals surface area contributed by atoms with Crippen LogP contribution in [-0.4, -0.2) is 32.3 Å². The number of halogens is 2. The van der Waals surface area contributed by atoms with E-state index in [1.54, 1.807) is 0 Å². The Morgan fingerprint density at radius 2 is 1.82 bits per heavy atom. The number of rotatable bonds is 1. The van der Waals surface area contributed by atoms with Crippen LogP contribution >= 0.6 is 0 Å². The average Bonchev–Trinajstić information content (AvgIpc) is 3.09. The van der Waals surface area contributed by atoms with Gasteiger partial charge in [-0.25, -0.2) is 0 Å². The summed E-state index contributed by atoms with van der Waals surface area (Å²) in [5.74, 6) is -0.527. The van der Waals surface area contributed by atoms with E-state index >= 15 is 0 Å². The molecule has 176 valence electrons. The van der Waals surface area contributed by atoms with Crippen molar-refractivity contribution in [3.63, 3.8) is 0 Å². The third-order valence-corrected chi connectivity index (χ3v) is 9.92. The van der Waals surface area contributed by atoms with Gasteiger partial charge in [0.25, 0.3) is 0 Å². The average molecular weight is 588 g/mol. The number of allylic oxidation sites excluding steroid dienone is 2. The Morgan fingerprint density at radius 1 is 1.06 bits per heavy atom. The zero-order chi connectivity index (χ0) is 23.9. The fourth-order valence-corrected chi connectivity index (χ4v) is 8.16. The van der Waals surface area contributed by atoms with E-state index in [1.165, 1.54) is 18.2 Å². The molecule has 0 aliphatic carbocycles. The van der Waals surface area contributed by atoms with Crippen LogP contribution in [0.3, 0.4) is 0 Å². The summed E-state index contributed by atoms with van der Waals surface area (Å²) in [4.78, 5) is 15.2. The first-order valence-electron chi connectivity index (χ1n) is 11.1. The van der Waals surface area contributed by atoms with E-state index in [1.807, 2.05) is 42.2 Å². The molecule has 34 heavy (non-hydrogen) atoms. The van der Waals surface area contributed by atoms with Gasteiger partial charge in [0.2, 0.25) is 0 Å². The van der Waals surface area contributed by atoms with Crippen LogP contribution < -0.4 is 21.2 Å². The fraction of sp³-hybridized carbons (Fsp3) is 0.222. The summed E-state index contributed by atoms with van der Waals surface area (Å²) in [6.07, 6.45) is 5.26. The van der Waals surface area contributed by atoms with Crippen LogP contribution in [0.15, 0.2) is 84.4 Å². The minimum atomic E-state index is -3.61. The molecule has 0 radical (unpaired) electrons. The number of nitrogens with zero attached hydrogens (tertiary/aromatic N) is 1. The normalized spacial score (nSPS) is 19.6. The second-order valence-electron chi connectivity index (χ2n) is 8.70. The standard InChI is InChI=1S/C27H24FINO3S/c1-18-8-11-29-16-21(14-18)27(31)30-12-9-19(10-13-30)26-23-5-3-2-4-20(23)17-34(32,33)25-7-6-22(28)15-24(25)26/h2-8,11,14-16H,9-10,12-13,17H2,1H3/q-1. The molecular weight excluding hydrogens is 564 g/mol. The summed E-state index contributed by atoms with van der Waals surface area (Å²) >= 11 is -0.275. The molecule has 0 aromatic heterocycles. The number of sulfone groups is 1. The van der Waals surface area contributed by atoms with Gasteiger partial charge in [-0.05, 0) is 0 Å². The summed E-state index contributed by atoms with van der Waals surface area (Å²) in [6.45, 7) is 3.10. The van der Waals surface area contributed by atoms with Crippen molar-refractivity contribution in [2.75, 3.05) is 13.1 Å². The molecule has 0 saturated carbocycles. The van der Waals surface area contributed by atoms with Gasteiger partial charge in [0, 0.05) is 0 Å². The van der Waals surface area contributed by atoms with Crippen molar-refractivity contribution < 1.29 is 38.8 Å². The Balaban J connectivity index is 1.54. The molecule has 0 unspecified atom stereocenters. The number of amides is 1. The molecule has 7 heteroatoms. The molecule has 0 spiro atoms. The molecule has 3 aliphatic heterocycles. The maximum atomic E-state index is 14.3. The van der Waals surface area contributed by atoms with E-state index in [2.05, 4.69) is 14.2 Å². The molecule has 0 atom stereocenters. The van der Waals surface area contributed by atoms with Gasteiger partial charge in [0.15, 0.2) is 0 Å². The molecule has 0 N–H and O–H groups in total. The van der Waals surface area contributed by atoms with Crippen LogP contribution in [0.1, 0.15) is 36.5 Å². The predicted octanol–water partition coefficient (Wildman–Crippen LogP) is 1.98. The Hall–Kier alpha value is -2.52. The molecular formula is C27H24FINO3S-. The minimum absolute atomic E-state index is 0.0436. The van der Waals surface area contributed by atoms with Crippen molar-refractivity contribution in [1.29, 1.82) is 0 Å². The van der Waals surface area contributed by atoms with Gasteiger partial charge < -0.3 is 0 Å². The van der Waals surface area contributed by atoms with Crippen LogP contribution in [0.4, 0.5) is 4.39 Å².